The maximum absolute atomic E-state index is 10.6. The Labute approximate surface area is 91.8 Å². The highest BCUT2D eigenvalue weighted by atomic mass is 32.1. The van der Waals surface area contributed by atoms with Crippen LogP contribution in [0.5, 0.6) is 0 Å². The normalized spacial score (nSPS) is 14.9. The van der Waals surface area contributed by atoms with Gasteiger partial charge in [-0.2, -0.15) is 0 Å². The van der Waals surface area contributed by atoms with Gasteiger partial charge >= 0.3 is 5.97 Å². The van der Waals surface area contributed by atoms with Gasteiger partial charge < -0.3 is 15.5 Å². The first-order valence-corrected chi connectivity index (χ1v) is 5.37. The average Bonchev–Trinajstić information content (AvgIpc) is 2.51. The molecule has 0 fully saturated rings. The summed E-state index contributed by atoms with van der Waals surface area (Å²) >= 11 is 1.51. The van der Waals surface area contributed by atoms with Crippen LogP contribution < -0.4 is 5.32 Å². The van der Waals surface area contributed by atoms with Gasteiger partial charge in [0.15, 0.2) is 5.60 Å². The molecule has 1 unspecified atom stereocenters. The second kappa shape index (κ2) is 4.69. The average molecular weight is 230 g/mol. The van der Waals surface area contributed by atoms with Gasteiger partial charge in [0.1, 0.15) is 5.01 Å². The summed E-state index contributed by atoms with van der Waals surface area (Å²) in [4.78, 5) is 14.8. The molecule has 0 amide bonds. The number of nitrogens with one attached hydrogen (secondary N) is 1. The largest absolute Gasteiger partial charge is 0.479 e. The van der Waals surface area contributed by atoms with E-state index in [0.717, 1.165) is 10.7 Å². The predicted octanol–water partition coefficient (Wildman–Crippen LogP) is 0.377. The van der Waals surface area contributed by atoms with E-state index in [9.17, 15) is 9.90 Å². The van der Waals surface area contributed by atoms with Crippen LogP contribution in [0.1, 0.15) is 17.6 Å². The molecule has 1 rings (SSSR count). The van der Waals surface area contributed by atoms with Crippen LogP contribution >= 0.6 is 11.3 Å². The highest BCUT2D eigenvalue weighted by Crippen LogP contribution is 2.08. The molecule has 0 aliphatic heterocycles. The molecule has 1 aromatic rings. The zero-order chi connectivity index (χ0) is 11.5. The van der Waals surface area contributed by atoms with Gasteiger partial charge in [0, 0.05) is 24.2 Å². The number of nitrogens with zero attached hydrogens (tertiary/aromatic N) is 1. The quantitative estimate of drug-likeness (QED) is 0.681. The van der Waals surface area contributed by atoms with Crippen LogP contribution in [0, 0.1) is 6.92 Å². The van der Waals surface area contributed by atoms with Gasteiger partial charge in [-0.3, -0.25) is 0 Å². The summed E-state index contributed by atoms with van der Waals surface area (Å²) < 4.78 is 0. The summed E-state index contributed by atoms with van der Waals surface area (Å²) in [5.74, 6) is -1.23. The molecule has 0 aliphatic rings. The molecule has 0 aliphatic carbocycles. The molecule has 0 saturated carbocycles. The maximum Gasteiger partial charge on any atom is 0.336 e. The number of carboxylic acid groups (broad SMARTS) is 1. The molecular weight excluding hydrogens is 216 g/mol. The third-order valence-electron chi connectivity index (χ3n) is 1.87. The van der Waals surface area contributed by atoms with Crippen molar-refractivity contribution in [1.82, 2.24) is 10.3 Å². The lowest BCUT2D eigenvalue weighted by atomic mass is 10.1. The van der Waals surface area contributed by atoms with Crippen LogP contribution in [0.4, 0.5) is 0 Å². The molecule has 1 heterocycles. The molecule has 5 nitrogen and oxygen atoms in total. The first-order valence-electron chi connectivity index (χ1n) is 4.49. The number of aromatic nitrogens is 1. The van der Waals surface area contributed by atoms with Crippen molar-refractivity contribution in [1.29, 1.82) is 0 Å². The van der Waals surface area contributed by atoms with Crippen LogP contribution in [-0.4, -0.2) is 33.3 Å². The number of hydrogen-bond acceptors (Lipinski definition) is 5. The Morgan fingerprint density at radius 3 is 2.87 bits per heavy atom. The summed E-state index contributed by atoms with van der Waals surface area (Å²) in [6.45, 7) is 3.63. The highest BCUT2D eigenvalue weighted by molar-refractivity contribution is 7.09. The van der Waals surface area contributed by atoms with Crippen molar-refractivity contribution in [3.8, 4) is 0 Å². The summed E-state index contributed by atoms with van der Waals surface area (Å²) in [7, 11) is 0. The minimum absolute atomic E-state index is 0.000953. The topological polar surface area (TPSA) is 82.5 Å². The molecule has 6 heteroatoms. The minimum atomic E-state index is -1.73. The zero-order valence-electron chi connectivity index (χ0n) is 8.65. The van der Waals surface area contributed by atoms with Gasteiger partial charge in [0.2, 0.25) is 0 Å². The van der Waals surface area contributed by atoms with Gasteiger partial charge in [0.25, 0.3) is 0 Å². The van der Waals surface area contributed by atoms with Gasteiger partial charge in [0.05, 0.1) is 0 Å². The van der Waals surface area contributed by atoms with Crippen LogP contribution in [0.25, 0.3) is 0 Å². The lowest BCUT2D eigenvalue weighted by Crippen LogP contribution is -2.44. The van der Waals surface area contributed by atoms with E-state index in [1.165, 1.54) is 18.3 Å². The van der Waals surface area contributed by atoms with Crippen LogP contribution in [0.2, 0.25) is 0 Å². The van der Waals surface area contributed by atoms with Crippen molar-refractivity contribution in [3.63, 3.8) is 0 Å². The van der Waals surface area contributed by atoms with E-state index in [-0.39, 0.29) is 6.54 Å². The van der Waals surface area contributed by atoms with Gasteiger partial charge in [-0.1, -0.05) is 0 Å². The van der Waals surface area contributed by atoms with Gasteiger partial charge in [-0.15, -0.1) is 11.3 Å². The number of thiazole rings is 1. The number of carboxylic acids is 1. The third kappa shape index (κ3) is 3.58. The first-order chi connectivity index (χ1) is 6.92. The number of rotatable bonds is 5. The van der Waals surface area contributed by atoms with Gasteiger partial charge in [-0.25, -0.2) is 9.78 Å². The monoisotopic (exact) mass is 230 g/mol. The molecule has 0 spiro atoms. The Bertz CT molecular complexity index is 349. The molecule has 1 aromatic heterocycles. The Hall–Kier alpha value is -0.980. The number of aryl methyl sites for hydroxylation is 1. The van der Waals surface area contributed by atoms with Crippen molar-refractivity contribution in [2.75, 3.05) is 6.54 Å². The molecule has 0 radical (unpaired) electrons. The van der Waals surface area contributed by atoms with E-state index in [0.29, 0.717) is 6.54 Å². The Morgan fingerprint density at radius 1 is 1.73 bits per heavy atom. The SMILES string of the molecule is Cc1csc(CNCC(C)(O)C(=O)O)n1. The smallest absolute Gasteiger partial charge is 0.336 e. The molecule has 0 bridgehead atoms. The Morgan fingerprint density at radius 2 is 2.40 bits per heavy atom. The lowest BCUT2D eigenvalue weighted by molar-refractivity contribution is -0.156. The summed E-state index contributed by atoms with van der Waals surface area (Å²) in [6, 6.07) is 0. The number of aliphatic carboxylic acids is 1. The van der Waals surface area contributed by atoms with Crippen molar-refractivity contribution in [2.45, 2.75) is 26.0 Å². The molecule has 3 N–H and O–H groups in total. The molecule has 84 valence electrons. The fourth-order valence-corrected chi connectivity index (χ4v) is 1.71. The minimum Gasteiger partial charge on any atom is -0.479 e. The van der Waals surface area contributed by atoms with E-state index in [1.807, 2.05) is 12.3 Å². The van der Waals surface area contributed by atoms with Crippen LogP contribution in [0.3, 0.4) is 0 Å². The van der Waals surface area contributed by atoms with E-state index in [2.05, 4.69) is 10.3 Å². The second-order valence-corrected chi connectivity index (χ2v) is 4.51. The number of carbonyl (C=O) groups is 1. The molecule has 0 aromatic carbocycles. The zero-order valence-corrected chi connectivity index (χ0v) is 9.47. The Kier molecular flexibility index (Phi) is 3.78. The fraction of sp³-hybridized carbons (Fsp3) is 0.556. The van der Waals surface area contributed by atoms with Crippen molar-refractivity contribution >= 4 is 17.3 Å². The molecule has 1 atom stereocenters. The summed E-state index contributed by atoms with van der Waals surface area (Å²) in [6.07, 6.45) is 0. The highest BCUT2D eigenvalue weighted by Gasteiger charge is 2.29. The second-order valence-electron chi connectivity index (χ2n) is 3.57. The molecule has 15 heavy (non-hydrogen) atoms. The van der Waals surface area contributed by atoms with Gasteiger partial charge in [-0.05, 0) is 13.8 Å². The third-order valence-corrected chi connectivity index (χ3v) is 2.84. The fourth-order valence-electron chi connectivity index (χ4n) is 0.972. The van der Waals surface area contributed by atoms with E-state index in [4.69, 9.17) is 5.11 Å². The van der Waals surface area contributed by atoms with E-state index in [1.54, 1.807) is 0 Å². The standard InChI is InChI=1S/C9H14N2O3S/c1-6-4-15-7(11-6)3-10-5-9(2,14)8(12)13/h4,10,14H,3,5H2,1-2H3,(H,12,13). The lowest BCUT2D eigenvalue weighted by Gasteiger charge is -2.17. The first kappa shape index (κ1) is 12.1. The van der Waals surface area contributed by atoms with E-state index < -0.39 is 11.6 Å². The summed E-state index contributed by atoms with van der Waals surface area (Å²) in [5, 5.41) is 23.7. The van der Waals surface area contributed by atoms with Crippen molar-refractivity contribution in [3.05, 3.63) is 16.1 Å². The van der Waals surface area contributed by atoms with E-state index >= 15 is 0 Å². The number of aliphatic hydroxyl groups is 1. The Balaban J connectivity index is 2.36. The summed E-state index contributed by atoms with van der Waals surface area (Å²) in [5.41, 5.74) is -0.784. The maximum atomic E-state index is 10.6. The van der Waals surface area contributed by atoms with Crippen LogP contribution in [0.15, 0.2) is 5.38 Å². The molecular formula is C9H14N2O3S. The predicted molar refractivity (Wildman–Crippen MR) is 56.8 cm³/mol. The van der Waals surface area contributed by atoms with Crippen molar-refractivity contribution in [2.24, 2.45) is 0 Å². The van der Waals surface area contributed by atoms with Crippen LogP contribution in [-0.2, 0) is 11.3 Å². The van der Waals surface area contributed by atoms with Crippen molar-refractivity contribution < 1.29 is 15.0 Å². The number of hydrogen-bond donors (Lipinski definition) is 3. The molecule has 0 saturated heterocycles.